The van der Waals surface area contributed by atoms with Gasteiger partial charge in [-0.15, -0.1) is 0 Å². The summed E-state index contributed by atoms with van der Waals surface area (Å²) in [4.78, 5) is 23.6. The lowest BCUT2D eigenvalue weighted by Crippen LogP contribution is -2.43. The summed E-state index contributed by atoms with van der Waals surface area (Å²) >= 11 is 0. The largest absolute Gasteiger partial charge is 0.484 e. The normalized spacial score (nSPS) is 11.1. The van der Waals surface area contributed by atoms with Crippen molar-refractivity contribution in [2.45, 2.75) is 19.0 Å². The molecule has 0 unspecified atom stereocenters. The average molecular weight is 432 g/mol. The molecule has 6 nitrogen and oxygen atoms in total. The van der Waals surface area contributed by atoms with Crippen LogP contribution in [0.1, 0.15) is 17.7 Å². The monoisotopic (exact) mass is 432 g/mol. The maximum atomic E-state index is 12.7. The van der Waals surface area contributed by atoms with Crippen molar-refractivity contribution in [3.8, 4) is 17.1 Å². The van der Waals surface area contributed by atoms with Gasteiger partial charge < -0.3 is 9.15 Å². The van der Waals surface area contributed by atoms with E-state index in [1.54, 1.807) is 6.07 Å². The molecule has 0 saturated carbocycles. The van der Waals surface area contributed by atoms with E-state index in [9.17, 15) is 22.8 Å². The Balaban J connectivity index is 1.39. The molecule has 3 aromatic rings. The second kappa shape index (κ2) is 9.84. The highest BCUT2D eigenvalue weighted by Crippen LogP contribution is 2.31. The zero-order chi connectivity index (χ0) is 22.3. The predicted octanol–water partition coefficient (Wildman–Crippen LogP) is 4.12. The van der Waals surface area contributed by atoms with Crippen molar-refractivity contribution in [3.05, 3.63) is 78.1 Å². The molecule has 31 heavy (non-hydrogen) atoms. The van der Waals surface area contributed by atoms with Crippen LogP contribution in [-0.2, 0) is 22.2 Å². The quantitative estimate of drug-likeness (QED) is 0.551. The Hall–Kier alpha value is -3.75. The maximum absolute atomic E-state index is 12.7. The summed E-state index contributed by atoms with van der Waals surface area (Å²) in [5.74, 6) is 0.0350. The first-order chi connectivity index (χ1) is 14.8. The number of halogens is 3. The van der Waals surface area contributed by atoms with Gasteiger partial charge in [-0.3, -0.25) is 20.4 Å². The van der Waals surface area contributed by atoms with Crippen LogP contribution in [0, 0.1) is 0 Å². The van der Waals surface area contributed by atoms with Gasteiger partial charge in [-0.05, 0) is 30.3 Å². The first-order valence-corrected chi connectivity index (χ1v) is 9.33. The van der Waals surface area contributed by atoms with E-state index in [1.807, 2.05) is 36.4 Å². The molecule has 2 N–H and O–H groups in total. The van der Waals surface area contributed by atoms with Crippen molar-refractivity contribution < 1.29 is 31.9 Å². The molecule has 0 fully saturated rings. The summed E-state index contributed by atoms with van der Waals surface area (Å²) in [6.07, 6.45) is -4.11. The lowest BCUT2D eigenvalue weighted by atomic mass is 10.2. The lowest BCUT2D eigenvalue weighted by Gasteiger charge is -2.11. The van der Waals surface area contributed by atoms with Crippen molar-refractivity contribution >= 4 is 11.8 Å². The lowest BCUT2D eigenvalue weighted by molar-refractivity contribution is -0.137. The molecule has 0 atom stereocenters. The van der Waals surface area contributed by atoms with E-state index in [0.717, 1.165) is 17.7 Å². The van der Waals surface area contributed by atoms with Gasteiger partial charge in [-0.2, -0.15) is 13.2 Å². The van der Waals surface area contributed by atoms with Crippen LogP contribution in [0.2, 0.25) is 0 Å². The highest BCUT2D eigenvalue weighted by atomic mass is 19.4. The van der Waals surface area contributed by atoms with Gasteiger partial charge in [0, 0.05) is 18.4 Å². The van der Waals surface area contributed by atoms with E-state index < -0.39 is 30.2 Å². The Morgan fingerprint density at radius 2 is 1.65 bits per heavy atom. The molecule has 0 aliphatic carbocycles. The molecule has 0 radical (unpaired) electrons. The number of hydrazine groups is 1. The number of amides is 2. The summed E-state index contributed by atoms with van der Waals surface area (Å²) < 4.78 is 48.7. The minimum Gasteiger partial charge on any atom is -0.484 e. The van der Waals surface area contributed by atoms with E-state index in [0.29, 0.717) is 17.9 Å². The van der Waals surface area contributed by atoms with Gasteiger partial charge in [0.25, 0.3) is 5.91 Å². The van der Waals surface area contributed by atoms with Gasteiger partial charge in [-0.25, -0.2) is 0 Å². The van der Waals surface area contributed by atoms with Gasteiger partial charge in [0.15, 0.2) is 6.61 Å². The fraction of sp³-hybridized carbons (Fsp3) is 0.182. The summed E-state index contributed by atoms with van der Waals surface area (Å²) in [6, 6.07) is 17.3. The highest BCUT2D eigenvalue weighted by molar-refractivity contribution is 5.82. The molecule has 2 amide bonds. The third-order valence-corrected chi connectivity index (χ3v) is 4.19. The molecule has 9 heteroatoms. The fourth-order valence-corrected chi connectivity index (χ4v) is 2.66. The van der Waals surface area contributed by atoms with Gasteiger partial charge >= 0.3 is 6.18 Å². The van der Waals surface area contributed by atoms with E-state index in [2.05, 4.69) is 10.9 Å². The number of alkyl halides is 3. The van der Waals surface area contributed by atoms with Crippen LogP contribution < -0.4 is 15.6 Å². The minimum atomic E-state index is -4.51. The fourth-order valence-electron chi connectivity index (χ4n) is 2.66. The highest BCUT2D eigenvalue weighted by Gasteiger charge is 2.30. The molecule has 0 saturated heterocycles. The Bertz CT molecular complexity index is 1030. The van der Waals surface area contributed by atoms with Gasteiger partial charge in [0.05, 0.1) is 5.56 Å². The number of rotatable bonds is 7. The minimum absolute atomic E-state index is 0.0660. The standard InChI is InChI=1S/C22H19F3N2O4/c23-22(24,25)16-7-4-8-18(13-16)30-14-21(29)27-26-20(28)12-10-17-9-11-19(31-17)15-5-2-1-3-6-15/h1-9,11,13H,10,12,14H2,(H,26,28)(H,27,29). The van der Waals surface area contributed by atoms with E-state index in [-0.39, 0.29) is 12.2 Å². The molecule has 3 rings (SSSR count). The molecule has 1 heterocycles. The third-order valence-electron chi connectivity index (χ3n) is 4.19. The molecule has 0 aliphatic heterocycles. The number of furan rings is 1. The van der Waals surface area contributed by atoms with Gasteiger partial charge in [0.1, 0.15) is 17.3 Å². The van der Waals surface area contributed by atoms with E-state index in [4.69, 9.17) is 9.15 Å². The van der Waals surface area contributed by atoms with E-state index >= 15 is 0 Å². The SMILES string of the molecule is O=C(CCc1ccc(-c2ccccc2)o1)NNC(=O)COc1cccc(C(F)(F)F)c1. The summed E-state index contributed by atoms with van der Waals surface area (Å²) in [7, 11) is 0. The van der Waals surface area contributed by atoms with Gasteiger partial charge in [-0.1, -0.05) is 36.4 Å². The average Bonchev–Trinajstić information content (AvgIpc) is 3.24. The number of carbonyl (C=O) groups is 2. The number of hydrogen-bond donors (Lipinski definition) is 2. The molecular weight excluding hydrogens is 413 g/mol. The zero-order valence-corrected chi connectivity index (χ0v) is 16.2. The summed E-state index contributed by atoms with van der Waals surface area (Å²) in [5.41, 5.74) is 4.41. The van der Waals surface area contributed by atoms with Gasteiger partial charge in [0.2, 0.25) is 5.91 Å². The molecule has 162 valence electrons. The summed E-state index contributed by atoms with van der Waals surface area (Å²) in [5, 5.41) is 0. The number of carbonyl (C=O) groups excluding carboxylic acids is 2. The van der Waals surface area contributed by atoms with Crippen LogP contribution in [0.5, 0.6) is 5.75 Å². The second-order valence-electron chi connectivity index (χ2n) is 6.54. The number of hydrogen-bond acceptors (Lipinski definition) is 4. The van der Waals surface area contributed by atoms with Crippen molar-refractivity contribution in [2.24, 2.45) is 0 Å². The van der Waals surface area contributed by atoms with Crippen LogP contribution in [-0.4, -0.2) is 18.4 Å². The number of aryl methyl sites for hydroxylation is 1. The van der Waals surface area contributed by atoms with Crippen LogP contribution >= 0.6 is 0 Å². The first kappa shape index (κ1) is 21.9. The zero-order valence-electron chi connectivity index (χ0n) is 16.2. The maximum Gasteiger partial charge on any atom is 0.416 e. The molecule has 0 aliphatic rings. The Morgan fingerprint density at radius 1 is 0.903 bits per heavy atom. The van der Waals surface area contributed by atoms with Crippen LogP contribution in [0.4, 0.5) is 13.2 Å². The molecule has 0 spiro atoms. The van der Waals surface area contributed by atoms with Crippen LogP contribution in [0.3, 0.4) is 0 Å². The second-order valence-corrected chi connectivity index (χ2v) is 6.54. The smallest absolute Gasteiger partial charge is 0.416 e. The third kappa shape index (κ3) is 6.63. The molecule has 0 bridgehead atoms. The Morgan fingerprint density at radius 3 is 2.39 bits per heavy atom. The van der Waals surface area contributed by atoms with E-state index in [1.165, 1.54) is 12.1 Å². The first-order valence-electron chi connectivity index (χ1n) is 9.33. The molecule has 2 aromatic carbocycles. The van der Waals surface area contributed by atoms with Crippen molar-refractivity contribution in [3.63, 3.8) is 0 Å². The predicted molar refractivity (Wildman–Crippen MR) is 106 cm³/mol. The summed E-state index contributed by atoms with van der Waals surface area (Å²) in [6.45, 7) is -0.555. The van der Waals surface area contributed by atoms with Crippen molar-refractivity contribution in [1.29, 1.82) is 0 Å². The van der Waals surface area contributed by atoms with Crippen LogP contribution in [0.25, 0.3) is 11.3 Å². The van der Waals surface area contributed by atoms with Crippen LogP contribution in [0.15, 0.2) is 71.1 Å². The van der Waals surface area contributed by atoms with Crippen molar-refractivity contribution in [1.82, 2.24) is 10.9 Å². The van der Waals surface area contributed by atoms with Crippen molar-refractivity contribution in [2.75, 3.05) is 6.61 Å². The Kier molecular flexibility index (Phi) is 6.96. The number of nitrogens with one attached hydrogen (secondary N) is 2. The molecular formula is C22H19F3N2O4. The Labute approximate surface area is 176 Å². The number of benzene rings is 2. The topological polar surface area (TPSA) is 80.6 Å². The molecule has 1 aromatic heterocycles. The number of ether oxygens (including phenoxy) is 1.